The van der Waals surface area contributed by atoms with E-state index in [0.717, 1.165) is 0 Å². The monoisotopic (exact) mass is 266 g/mol. The van der Waals surface area contributed by atoms with E-state index in [2.05, 4.69) is 8.37 Å². The Morgan fingerprint density at radius 1 is 0.857 bits per heavy atom. The minimum absolute atomic E-state index is 0. The van der Waals surface area contributed by atoms with Crippen molar-refractivity contribution in [1.29, 1.82) is 0 Å². The van der Waals surface area contributed by atoms with Crippen molar-refractivity contribution in [1.82, 2.24) is 0 Å². The SMILES string of the molecule is O=C(O)OS(=O)OC(=O)O.[NaH].[NaH].[NaH].[NaH]. The van der Waals surface area contributed by atoms with E-state index in [1.807, 2.05) is 0 Å². The number of carboxylic acid groups (broad SMARTS) is 2. The molecule has 12 heteroatoms. The second-order valence-electron chi connectivity index (χ2n) is 0.903. The quantitative estimate of drug-likeness (QED) is 0.525. The van der Waals surface area contributed by atoms with Crippen LogP contribution in [0.15, 0.2) is 0 Å². The van der Waals surface area contributed by atoms with Gasteiger partial charge in [0.1, 0.15) is 0 Å². The first kappa shape index (κ1) is 30.1. The molecule has 66 valence electrons. The molecule has 14 heavy (non-hydrogen) atoms. The van der Waals surface area contributed by atoms with Gasteiger partial charge in [0.05, 0.1) is 0 Å². The predicted molar refractivity (Wildman–Crippen MR) is 55.0 cm³/mol. The number of rotatable bonds is 2. The zero-order chi connectivity index (χ0) is 8.15. The summed E-state index contributed by atoms with van der Waals surface area (Å²) in [5.74, 6) is 0. The van der Waals surface area contributed by atoms with Gasteiger partial charge in [-0.1, -0.05) is 0 Å². The number of hydrogen-bond donors (Lipinski definition) is 2. The Morgan fingerprint density at radius 2 is 1.07 bits per heavy atom. The molecule has 0 saturated heterocycles. The van der Waals surface area contributed by atoms with Crippen LogP contribution in [0, 0.1) is 0 Å². The van der Waals surface area contributed by atoms with Gasteiger partial charge in [-0.15, -0.1) is 0 Å². The molecule has 0 amide bonds. The van der Waals surface area contributed by atoms with E-state index in [-0.39, 0.29) is 118 Å². The van der Waals surface area contributed by atoms with Crippen molar-refractivity contribution in [3.8, 4) is 0 Å². The van der Waals surface area contributed by atoms with Crippen LogP contribution in [0.3, 0.4) is 0 Å². The third kappa shape index (κ3) is 24.1. The molecule has 0 heterocycles. The van der Waals surface area contributed by atoms with Gasteiger partial charge in [-0.05, 0) is 0 Å². The standard InChI is InChI=1S/C2H2O7S.4Na.4H/c3-1(4)8-10(7)9-2(5)6;;;;;;;;/h(H,3,4)(H,5,6);;;;;;;;. The second kappa shape index (κ2) is 18.1. The molecule has 0 fully saturated rings. The van der Waals surface area contributed by atoms with Crippen molar-refractivity contribution in [3.05, 3.63) is 0 Å². The van der Waals surface area contributed by atoms with Crippen LogP contribution in [0.25, 0.3) is 0 Å². The zero-order valence-electron chi connectivity index (χ0n) is 4.34. The zero-order valence-corrected chi connectivity index (χ0v) is 5.16. The van der Waals surface area contributed by atoms with E-state index < -0.39 is 23.7 Å². The summed E-state index contributed by atoms with van der Waals surface area (Å²) in [7, 11) is 0. The van der Waals surface area contributed by atoms with Crippen LogP contribution in [0.2, 0.25) is 0 Å². The Morgan fingerprint density at radius 3 is 1.21 bits per heavy atom. The third-order valence-corrected chi connectivity index (χ3v) is 0.836. The molecule has 0 aromatic rings. The Labute approximate surface area is 171 Å². The fourth-order valence-corrected chi connectivity index (χ4v) is 0.400. The molecule has 0 aliphatic rings. The average molecular weight is 266 g/mol. The first-order valence-corrected chi connectivity index (χ1v) is 2.76. The van der Waals surface area contributed by atoms with E-state index in [4.69, 9.17) is 10.2 Å². The number of carbonyl (C=O) groups is 2. The van der Waals surface area contributed by atoms with Crippen LogP contribution >= 0.6 is 0 Å². The van der Waals surface area contributed by atoms with Gasteiger partial charge in [0.15, 0.2) is 0 Å². The first-order chi connectivity index (χ1) is 4.52. The van der Waals surface area contributed by atoms with Crippen molar-refractivity contribution in [2.45, 2.75) is 0 Å². The van der Waals surface area contributed by atoms with Crippen LogP contribution < -0.4 is 0 Å². The molecular formula is C2H6Na4O7S. The molecule has 0 aliphatic carbocycles. The molecule has 0 atom stereocenters. The van der Waals surface area contributed by atoms with E-state index in [0.29, 0.717) is 0 Å². The Balaban J connectivity index is -0.0000000675. The van der Waals surface area contributed by atoms with E-state index >= 15 is 0 Å². The van der Waals surface area contributed by atoms with Crippen molar-refractivity contribution in [2.75, 3.05) is 0 Å². The van der Waals surface area contributed by atoms with Crippen LogP contribution in [-0.4, -0.2) is 145 Å². The van der Waals surface area contributed by atoms with Crippen LogP contribution in [-0.2, 0) is 19.7 Å². The van der Waals surface area contributed by atoms with Crippen molar-refractivity contribution in [3.63, 3.8) is 0 Å². The maximum absolute atomic E-state index is 9.97. The summed E-state index contributed by atoms with van der Waals surface area (Å²) in [5.41, 5.74) is 0. The predicted octanol–water partition coefficient (Wildman–Crippen LogP) is -2.64. The van der Waals surface area contributed by atoms with Crippen LogP contribution in [0.5, 0.6) is 0 Å². The van der Waals surface area contributed by atoms with E-state index in [1.54, 1.807) is 0 Å². The Bertz CT molecular complexity index is 167. The van der Waals surface area contributed by atoms with E-state index in [1.165, 1.54) is 0 Å². The summed E-state index contributed by atoms with van der Waals surface area (Å²) in [5, 5.41) is 15.4. The molecule has 0 aromatic carbocycles. The molecule has 0 aromatic heterocycles. The van der Waals surface area contributed by atoms with Crippen LogP contribution in [0.1, 0.15) is 0 Å². The molecule has 0 aliphatic heterocycles. The van der Waals surface area contributed by atoms with Gasteiger partial charge in [-0.2, -0.15) is 4.21 Å². The summed E-state index contributed by atoms with van der Waals surface area (Å²) < 4.78 is 16.7. The van der Waals surface area contributed by atoms with Crippen molar-refractivity contribution >= 4 is 142 Å². The topological polar surface area (TPSA) is 110 Å². The van der Waals surface area contributed by atoms with Gasteiger partial charge in [0.2, 0.25) is 0 Å². The molecular weight excluding hydrogens is 260 g/mol. The van der Waals surface area contributed by atoms with Crippen molar-refractivity contribution < 1.29 is 32.4 Å². The summed E-state index contributed by atoms with van der Waals surface area (Å²) >= 11 is -2.78. The van der Waals surface area contributed by atoms with Gasteiger partial charge in [-0.3, -0.25) is 0 Å². The van der Waals surface area contributed by atoms with Crippen molar-refractivity contribution in [2.24, 2.45) is 0 Å². The molecule has 0 saturated carbocycles. The molecule has 7 nitrogen and oxygen atoms in total. The normalized spacial score (nSPS) is 6.36. The average Bonchev–Trinajstić information content (AvgIpc) is 1.58. The summed E-state index contributed by atoms with van der Waals surface area (Å²) in [6.45, 7) is 0. The fraction of sp³-hybridized carbons (Fsp3) is 0. The van der Waals surface area contributed by atoms with Gasteiger partial charge < -0.3 is 18.6 Å². The summed E-state index contributed by atoms with van der Waals surface area (Å²) in [4.78, 5) is 19.0. The fourth-order valence-electron chi connectivity index (χ4n) is 0.133. The molecule has 0 rings (SSSR count). The summed E-state index contributed by atoms with van der Waals surface area (Å²) in [6, 6.07) is 0. The van der Waals surface area contributed by atoms with Gasteiger partial charge in [-0.25, -0.2) is 9.59 Å². The molecule has 2 N–H and O–H groups in total. The van der Waals surface area contributed by atoms with Gasteiger partial charge in [0, 0.05) is 0 Å². The maximum atomic E-state index is 9.97. The van der Waals surface area contributed by atoms with Crippen LogP contribution in [0.4, 0.5) is 9.59 Å². The second-order valence-corrected chi connectivity index (χ2v) is 1.64. The Hall–Kier alpha value is 2.69. The van der Waals surface area contributed by atoms with Gasteiger partial charge in [0.25, 0.3) is 0 Å². The summed E-state index contributed by atoms with van der Waals surface area (Å²) in [6.07, 6.45) is -3.75. The van der Waals surface area contributed by atoms with E-state index in [9.17, 15) is 13.8 Å². The number of hydrogen-bond acceptors (Lipinski definition) is 5. The molecule has 0 bridgehead atoms. The first-order valence-electron chi connectivity index (χ1n) is 1.76. The molecule has 0 radical (unpaired) electrons. The third-order valence-electron chi connectivity index (χ3n) is 0.279. The minimum atomic E-state index is -2.78. The Kier molecular flexibility index (Phi) is 38.8. The molecule has 0 unspecified atom stereocenters. The molecule has 0 spiro atoms. The van der Waals surface area contributed by atoms with Gasteiger partial charge >= 0.3 is 142 Å².